The summed E-state index contributed by atoms with van der Waals surface area (Å²) in [6, 6.07) is 8.97. The highest BCUT2D eigenvalue weighted by atomic mass is 32.1. The van der Waals surface area contributed by atoms with Crippen LogP contribution in [0.3, 0.4) is 0 Å². The van der Waals surface area contributed by atoms with Gasteiger partial charge in [0.1, 0.15) is 11.2 Å². The summed E-state index contributed by atoms with van der Waals surface area (Å²) in [7, 11) is 2.16. The molecule has 0 saturated heterocycles. The van der Waals surface area contributed by atoms with Crippen LogP contribution in [-0.2, 0) is 12.0 Å². The molecule has 4 atom stereocenters. The van der Waals surface area contributed by atoms with Crippen molar-refractivity contribution in [2.24, 2.45) is 17.3 Å². The van der Waals surface area contributed by atoms with Crippen molar-refractivity contribution in [3.63, 3.8) is 0 Å². The van der Waals surface area contributed by atoms with Crippen LogP contribution in [0.2, 0.25) is 0 Å². The minimum Gasteiger partial charge on any atom is -0.376 e. The number of allylic oxidation sites excluding steroid dienone is 4. The van der Waals surface area contributed by atoms with Gasteiger partial charge in [-0.15, -0.1) is 11.3 Å². The molecule has 0 N–H and O–H groups in total. The van der Waals surface area contributed by atoms with E-state index < -0.39 is 0 Å². The smallest absolute Gasteiger partial charge is 0.268 e. The highest BCUT2D eigenvalue weighted by Crippen LogP contribution is 2.44. The molecule has 3 aliphatic rings. The molecular weight excluding hydrogens is 474 g/mol. The number of nitrogens with zero attached hydrogens (tertiary/aromatic N) is 3. The van der Waals surface area contributed by atoms with E-state index in [1.165, 1.54) is 17.0 Å². The summed E-state index contributed by atoms with van der Waals surface area (Å²) in [6.45, 7) is 15.0. The second kappa shape index (κ2) is 9.43. The molecule has 3 heterocycles. The number of benzene rings is 1. The van der Waals surface area contributed by atoms with Crippen molar-refractivity contribution in [1.82, 2.24) is 9.47 Å². The molecule has 0 saturated carbocycles. The fourth-order valence-electron chi connectivity index (χ4n) is 6.60. The van der Waals surface area contributed by atoms with Gasteiger partial charge in [0.25, 0.3) is 5.56 Å². The number of aromatic nitrogens is 1. The third-order valence-electron chi connectivity index (χ3n) is 8.69. The van der Waals surface area contributed by atoms with E-state index in [2.05, 4.69) is 131 Å². The number of hydrogen-bond acceptors (Lipinski definition) is 3. The molecule has 0 spiro atoms. The maximum absolute atomic E-state index is 13.6. The van der Waals surface area contributed by atoms with Crippen LogP contribution in [0.25, 0.3) is 12.2 Å². The molecule has 2 aliphatic heterocycles. The van der Waals surface area contributed by atoms with Gasteiger partial charge in [-0.2, -0.15) is 4.58 Å². The summed E-state index contributed by atoms with van der Waals surface area (Å²) >= 11 is 1.63. The quantitative estimate of drug-likeness (QED) is 0.537. The van der Waals surface area contributed by atoms with Crippen LogP contribution >= 0.6 is 11.3 Å². The van der Waals surface area contributed by atoms with Crippen molar-refractivity contribution in [3.05, 3.63) is 86.0 Å². The van der Waals surface area contributed by atoms with Crippen LogP contribution in [0.15, 0.2) is 65.6 Å². The van der Waals surface area contributed by atoms with Crippen molar-refractivity contribution >= 4 is 34.9 Å². The Hall–Kier alpha value is -2.92. The monoisotopic (exact) mass is 514 g/mol. The van der Waals surface area contributed by atoms with Gasteiger partial charge in [-0.25, -0.2) is 0 Å². The van der Waals surface area contributed by atoms with Crippen molar-refractivity contribution in [2.75, 3.05) is 13.6 Å². The zero-order chi connectivity index (χ0) is 26.5. The van der Waals surface area contributed by atoms with Crippen LogP contribution in [0.1, 0.15) is 47.1 Å². The summed E-state index contributed by atoms with van der Waals surface area (Å²) in [6.07, 6.45) is 18.0. The van der Waals surface area contributed by atoms with Crippen LogP contribution in [0.4, 0.5) is 5.69 Å². The first-order chi connectivity index (χ1) is 17.6. The first-order valence-corrected chi connectivity index (χ1v) is 14.4. The highest BCUT2D eigenvalue weighted by Gasteiger charge is 2.44. The molecule has 0 bridgehead atoms. The summed E-state index contributed by atoms with van der Waals surface area (Å²) in [5, 5.41) is 0. The Kier molecular flexibility index (Phi) is 6.56. The third kappa shape index (κ3) is 4.12. The molecule has 0 amide bonds. The number of fused-ring (bicyclic) bond motifs is 2. The van der Waals surface area contributed by atoms with Crippen molar-refractivity contribution in [1.29, 1.82) is 0 Å². The van der Waals surface area contributed by atoms with E-state index in [1.807, 2.05) is 4.57 Å². The Bertz CT molecular complexity index is 1520. The minimum absolute atomic E-state index is 0.00928. The lowest BCUT2D eigenvalue weighted by molar-refractivity contribution is -0.432. The van der Waals surface area contributed by atoms with Crippen LogP contribution in [0, 0.1) is 17.3 Å². The molecule has 5 heteroatoms. The van der Waals surface area contributed by atoms with Gasteiger partial charge in [0.05, 0.1) is 9.95 Å². The van der Waals surface area contributed by atoms with Crippen LogP contribution in [-0.4, -0.2) is 39.4 Å². The lowest BCUT2D eigenvalue weighted by Crippen LogP contribution is -2.48. The van der Waals surface area contributed by atoms with Gasteiger partial charge in [0.2, 0.25) is 5.69 Å². The van der Waals surface area contributed by atoms with Gasteiger partial charge in [0.15, 0.2) is 5.71 Å². The summed E-state index contributed by atoms with van der Waals surface area (Å²) in [5.41, 5.74) is 3.89. The minimum atomic E-state index is -0.120. The molecule has 2 aromatic rings. The van der Waals surface area contributed by atoms with Crippen LogP contribution in [0.5, 0.6) is 0 Å². The van der Waals surface area contributed by atoms with Gasteiger partial charge in [-0.05, 0) is 39.8 Å². The zero-order valence-corrected chi connectivity index (χ0v) is 24.0. The van der Waals surface area contributed by atoms with E-state index in [0.717, 1.165) is 15.7 Å². The Morgan fingerprint density at radius 3 is 2.62 bits per heavy atom. The molecule has 37 heavy (non-hydrogen) atoms. The normalized spacial score (nSPS) is 27.7. The van der Waals surface area contributed by atoms with E-state index in [1.54, 1.807) is 11.3 Å². The first kappa shape index (κ1) is 25.7. The number of rotatable bonds is 5. The fraction of sp³-hybridized carbons (Fsp3) is 0.438. The average Bonchev–Trinajstić information content (AvgIpc) is 3.28. The Labute approximate surface area is 225 Å². The number of thiazole rings is 1. The summed E-state index contributed by atoms with van der Waals surface area (Å²) in [5.74, 6) is 0.580. The molecule has 4 nitrogen and oxygen atoms in total. The van der Waals surface area contributed by atoms with E-state index >= 15 is 0 Å². The molecule has 1 aliphatic carbocycles. The molecule has 0 radical (unpaired) electrons. The predicted molar refractivity (Wildman–Crippen MR) is 157 cm³/mol. The summed E-state index contributed by atoms with van der Waals surface area (Å²) in [4.78, 5) is 15.9. The summed E-state index contributed by atoms with van der Waals surface area (Å²) < 4.78 is 6.22. The molecule has 0 fully saturated rings. The fourth-order valence-corrected chi connectivity index (χ4v) is 7.79. The van der Waals surface area contributed by atoms with E-state index in [0.29, 0.717) is 12.5 Å². The van der Waals surface area contributed by atoms with Crippen molar-refractivity contribution in [3.8, 4) is 0 Å². The average molecular weight is 515 g/mol. The molecule has 1 aromatic carbocycles. The maximum atomic E-state index is 13.6. The number of para-hydroxylation sites is 1. The zero-order valence-electron chi connectivity index (χ0n) is 23.2. The largest absolute Gasteiger partial charge is 0.376 e. The highest BCUT2D eigenvalue weighted by molar-refractivity contribution is 7.07. The SMILES string of the molecule is CCn1c(=O)/c(=C/C(C)C2C3C=CC=CC3(C)C=CN2C)s/c1=C/C1=[N+](CC)c2ccccc2C1(C)C. The third-order valence-corrected chi connectivity index (χ3v) is 9.77. The molecule has 194 valence electrons. The van der Waals surface area contributed by atoms with Gasteiger partial charge < -0.3 is 4.90 Å². The Morgan fingerprint density at radius 2 is 1.89 bits per heavy atom. The number of hydrogen-bond donors (Lipinski definition) is 0. The molecule has 1 aromatic heterocycles. The molecule has 5 rings (SSSR count). The Balaban J connectivity index is 1.61. The first-order valence-electron chi connectivity index (χ1n) is 13.6. The molecular formula is C32H40N3OS+. The van der Waals surface area contributed by atoms with Crippen molar-refractivity contribution in [2.45, 2.75) is 59.5 Å². The second-order valence-corrected chi connectivity index (χ2v) is 12.5. The van der Waals surface area contributed by atoms with Gasteiger partial charge in [-0.3, -0.25) is 9.36 Å². The van der Waals surface area contributed by atoms with Gasteiger partial charge >= 0.3 is 0 Å². The van der Waals surface area contributed by atoms with E-state index in [-0.39, 0.29) is 28.3 Å². The second-order valence-electron chi connectivity index (χ2n) is 11.4. The van der Waals surface area contributed by atoms with E-state index in [9.17, 15) is 4.79 Å². The maximum Gasteiger partial charge on any atom is 0.268 e. The van der Waals surface area contributed by atoms with Gasteiger partial charge in [0, 0.05) is 48.7 Å². The Morgan fingerprint density at radius 1 is 1.14 bits per heavy atom. The lowest BCUT2D eigenvalue weighted by atomic mass is 9.66. The van der Waals surface area contributed by atoms with Crippen LogP contribution < -0.4 is 14.8 Å². The molecule has 4 unspecified atom stereocenters. The van der Waals surface area contributed by atoms with E-state index in [4.69, 9.17) is 0 Å². The van der Waals surface area contributed by atoms with Gasteiger partial charge in [-0.1, -0.05) is 68.5 Å². The predicted octanol–water partition coefficient (Wildman–Crippen LogP) is 4.80. The standard InChI is InChI=1S/C32H40N3OS/c1-8-34-25-16-11-10-14-23(25)31(4,5)27(34)21-28-35(9-2)30(36)26(37-28)20-22(3)29-24-15-12-13-17-32(24,6)18-19-33(29)7/h10-22,24,29H,8-9H2,1-7H3/q+1/b26-20-. The van der Waals surface area contributed by atoms with Crippen molar-refractivity contribution < 1.29 is 4.58 Å². The lowest BCUT2D eigenvalue weighted by Gasteiger charge is -2.47. The topological polar surface area (TPSA) is 28.2 Å².